The lowest BCUT2D eigenvalue weighted by atomic mass is 9.87. The fourth-order valence-corrected chi connectivity index (χ4v) is 3.35. The van der Waals surface area contributed by atoms with E-state index in [0.29, 0.717) is 18.4 Å². The number of nitrogens with one attached hydrogen (secondary N) is 1. The van der Waals surface area contributed by atoms with E-state index in [4.69, 9.17) is 4.74 Å². The molecule has 0 aromatic carbocycles. The van der Waals surface area contributed by atoms with Gasteiger partial charge in [0.15, 0.2) is 0 Å². The Morgan fingerprint density at radius 3 is 2.80 bits per heavy atom. The fraction of sp³-hybridized carbons (Fsp3) is 0.700. The van der Waals surface area contributed by atoms with Crippen LogP contribution in [0.5, 0.6) is 5.88 Å². The van der Waals surface area contributed by atoms with Crippen molar-refractivity contribution < 1.29 is 9.53 Å². The van der Waals surface area contributed by atoms with Crippen LogP contribution < -0.4 is 10.1 Å². The molecule has 2 rings (SSSR count). The van der Waals surface area contributed by atoms with Crippen LogP contribution in [-0.2, 0) is 4.79 Å². The molecule has 1 saturated heterocycles. The van der Waals surface area contributed by atoms with E-state index in [2.05, 4.69) is 29.2 Å². The molecule has 5 nitrogen and oxygen atoms in total. The normalized spacial score (nSPS) is 21.8. The number of piperidine rings is 1. The van der Waals surface area contributed by atoms with Crippen LogP contribution >= 0.6 is 0 Å². The first kappa shape index (κ1) is 19.7. The zero-order valence-corrected chi connectivity index (χ0v) is 16.6. The van der Waals surface area contributed by atoms with Crippen LogP contribution in [0.4, 0.5) is 0 Å². The smallest absolute Gasteiger partial charge is 0.229 e. The number of amides is 1. The standard InChI is InChI=1S/C20H33N3O2/c1-7-16-12-23(6)9-8-17(16)22-19(24)20(4,5)13-25-18-15(3)10-14(2)11-21-18/h10-11,16-17H,7-9,12-13H2,1-6H3,(H,22,24)/t16-,17-/m1/s1. The highest BCUT2D eigenvalue weighted by molar-refractivity contribution is 5.82. The van der Waals surface area contributed by atoms with E-state index in [0.717, 1.165) is 37.1 Å². The van der Waals surface area contributed by atoms with E-state index in [1.54, 1.807) is 6.20 Å². The quantitative estimate of drug-likeness (QED) is 0.860. The maximum Gasteiger partial charge on any atom is 0.229 e. The van der Waals surface area contributed by atoms with Gasteiger partial charge in [0.1, 0.15) is 6.61 Å². The van der Waals surface area contributed by atoms with E-state index in [1.807, 2.05) is 33.8 Å². The maximum atomic E-state index is 12.8. The van der Waals surface area contributed by atoms with Gasteiger partial charge in [-0.15, -0.1) is 0 Å². The summed E-state index contributed by atoms with van der Waals surface area (Å²) in [4.78, 5) is 19.5. The molecule has 0 spiro atoms. The molecule has 1 aromatic heterocycles. The Hall–Kier alpha value is -1.62. The number of pyridine rings is 1. The highest BCUT2D eigenvalue weighted by Gasteiger charge is 2.34. The molecular formula is C20H33N3O2. The van der Waals surface area contributed by atoms with Crippen molar-refractivity contribution in [2.24, 2.45) is 11.3 Å². The Bertz CT molecular complexity index is 601. The van der Waals surface area contributed by atoms with Crippen molar-refractivity contribution >= 4 is 5.91 Å². The van der Waals surface area contributed by atoms with E-state index in [9.17, 15) is 4.79 Å². The van der Waals surface area contributed by atoms with Crippen LogP contribution in [0.25, 0.3) is 0 Å². The summed E-state index contributed by atoms with van der Waals surface area (Å²) in [5.74, 6) is 1.18. The Labute approximate surface area is 152 Å². The third-order valence-corrected chi connectivity index (χ3v) is 5.13. The van der Waals surface area contributed by atoms with Gasteiger partial charge in [-0.3, -0.25) is 4.79 Å². The second-order valence-electron chi connectivity index (χ2n) is 8.11. The molecule has 1 amide bonds. The first-order chi connectivity index (χ1) is 11.7. The van der Waals surface area contributed by atoms with Gasteiger partial charge in [0.05, 0.1) is 5.41 Å². The maximum absolute atomic E-state index is 12.8. The van der Waals surface area contributed by atoms with E-state index < -0.39 is 5.41 Å². The zero-order chi connectivity index (χ0) is 18.6. The van der Waals surface area contributed by atoms with Gasteiger partial charge in [0, 0.05) is 24.3 Å². The lowest BCUT2D eigenvalue weighted by molar-refractivity contribution is -0.132. The number of ether oxygens (including phenoxy) is 1. The Morgan fingerprint density at radius 2 is 2.16 bits per heavy atom. The molecule has 0 radical (unpaired) electrons. The van der Waals surface area contributed by atoms with Crippen LogP contribution in [0, 0.1) is 25.2 Å². The van der Waals surface area contributed by atoms with Crippen molar-refractivity contribution in [1.82, 2.24) is 15.2 Å². The third-order valence-electron chi connectivity index (χ3n) is 5.13. The number of hydrogen-bond acceptors (Lipinski definition) is 4. The highest BCUT2D eigenvalue weighted by Crippen LogP contribution is 2.24. The Balaban J connectivity index is 1.94. The van der Waals surface area contributed by atoms with Gasteiger partial charge < -0.3 is 15.0 Å². The lowest BCUT2D eigenvalue weighted by Gasteiger charge is -2.38. The van der Waals surface area contributed by atoms with Gasteiger partial charge in [0.25, 0.3) is 0 Å². The summed E-state index contributed by atoms with van der Waals surface area (Å²) >= 11 is 0. The molecule has 0 aliphatic carbocycles. The molecule has 1 aromatic rings. The fourth-order valence-electron chi connectivity index (χ4n) is 3.35. The molecule has 0 saturated carbocycles. The van der Waals surface area contributed by atoms with Crippen LogP contribution in [0.15, 0.2) is 12.3 Å². The minimum absolute atomic E-state index is 0.0604. The van der Waals surface area contributed by atoms with Crippen LogP contribution in [0.1, 0.15) is 44.7 Å². The third kappa shape index (κ3) is 5.18. The number of likely N-dealkylation sites (tertiary alicyclic amines) is 1. The van der Waals surface area contributed by atoms with Crippen LogP contribution in [-0.4, -0.2) is 48.6 Å². The lowest BCUT2D eigenvalue weighted by Crippen LogP contribution is -2.53. The van der Waals surface area contributed by atoms with Crippen molar-refractivity contribution in [3.8, 4) is 5.88 Å². The van der Waals surface area contributed by atoms with Crippen molar-refractivity contribution in [2.45, 2.75) is 53.5 Å². The van der Waals surface area contributed by atoms with Crippen molar-refractivity contribution in [2.75, 3.05) is 26.7 Å². The number of rotatable bonds is 6. The molecule has 2 heterocycles. The molecular weight excluding hydrogens is 314 g/mol. The van der Waals surface area contributed by atoms with Gasteiger partial charge in [-0.05, 0) is 65.3 Å². The van der Waals surface area contributed by atoms with E-state index in [1.165, 1.54) is 0 Å². The molecule has 1 fully saturated rings. The highest BCUT2D eigenvalue weighted by atomic mass is 16.5. The Kier molecular flexibility index (Phi) is 6.44. The molecule has 5 heteroatoms. The predicted molar refractivity (Wildman–Crippen MR) is 101 cm³/mol. The largest absolute Gasteiger partial charge is 0.476 e. The molecule has 2 atom stereocenters. The van der Waals surface area contributed by atoms with Gasteiger partial charge in [-0.25, -0.2) is 4.98 Å². The van der Waals surface area contributed by atoms with E-state index in [-0.39, 0.29) is 11.9 Å². The molecule has 0 bridgehead atoms. The second kappa shape index (κ2) is 8.17. The number of aryl methyl sites for hydroxylation is 2. The molecule has 0 unspecified atom stereocenters. The molecule has 25 heavy (non-hydrogen) atoms. The van der Waals surface area contributed by atoms with Gasteiger partial charge in [-0.1, -0.05) is 13.3 Å². The second-order valence-corrected chi connectivity index (χ2v) is 8.11. The zero-order valence-electron chi connectivity index (χ0n) is 16.6. The van der Waals surface area contributed by atoms with Crippen molar-refractivity contribution in [3.05, 3.63) is 23.4 Å². The molecule has 140 valence electrons. The van der Waals surface area contributed by atoms with E-state index >= 15 is 0 Å². The number of carbonyl (C=O) groups is 1. The number of hydrogen-bond donors (Lipinski definition) is 1. The number of aromatic nitrogens is 1. The first-order valence-electron chi connectivity index (χ1n) is 9.28. The summed E-state index contributed by atoms with van der Waals surface area (Å²) in [7, 11) is 2.15. The Morgan fingerprint density at radius 1 is 1.44 bits per heavy atom. The van der Waals surface area contributed by atoms with Gasteiger partial charge >= 0.3 is 0 Å². The predicted octanol–water partition coefficient (Wildman–Crippen LogP) is 2.95. The first-order valence-corrected chi connectivity index (χ1v) is 9.28. The van der Waals surface area contributed by atoms with Crippen LogP contribution in [0.2, 0.25) is 0 Å². The summed E-state index contributed by atoms with van der Waals surface area (Å²) in [6, 6.07) is 2.30. The summed E-state index contributed by atoms with van der Waals surface area (Å²) in [5, 5.41) is 3.27. The minimum Gasteiger partial charge on any atom is -0.476 e. The van der Waals surface area contributed by atoms with Crippen molar-refractivity contribution in [1.29, 1.82) is 0 Å². The average Bonchev–Trinajstić information content (AvgIpc) is 2.55. The summed E-state index contributed by atoms with van der Waals surface area (Å²) in [6.45, 7) is 12.4. The average molecular weight is 348 g/mol. The molecule has 1 N–H and O–H groups in total. The molecule has 1 aliphatic heterocycles. The number of carbonyl (C=O) groups excluding carboxylic acids is 1. The monoisotopic (exact) mass is 347 g/mol. The SMILES string of the molecule is CC[C@@H]1CN(C)CC[C@H]1NC(=O)C(C)(C)COc1ncc(C)cc1C. The topological polar surface area (TPSA) is 54.5 Å². The minimum atomic E-state index is -0.597. The van der Waals surface area contributed by atoms with Crippen molar-refractivity contribution in [3.63, 3.8) is 0 Å². The summed E-state index contributed by atoms with van der Waals surface area (Å²) in [5.41, 5.74) is 1.51. The van der Waals surface area contributed by atoms with Gasteiger partial charge in [0.2, 0.25) is 11.8 Å². The number of nitrogens with zero attached hydrogens (tertiary/aromatic N) is 2. The summed E-state index contributed by atoms with van der Waals surface area (Å²) in [6.07, 6.45) is 3.88. The van der Waals surface area contributed by atoms with Crippen LogP contribution in [0.3, 0.4) is 0 Å². The summed E-state index contributed by atoms with van der Waals surface area (Å²) < 4.78 is 5.86. The molecule has 1 aliphatic rings. The van der Waals surface area contributed by atoms with Gasteiger partial charge in [-0.2, -0.15) is 0 Å².